The molecule has 0 saturated carbocycles. The fourth-order valence-electron chi connectivity index (χ4n) is 9.31. The van der Waals surface area contributed by atoms with Gasteiger partial charge < -0.3 is 46.7 Å². The highest BCUT2D eigenvalue weighted by atomic mass is 16.6. The number of benzene rings is 6. The van der Waals surface area contributed by atoms with Crippen LogP contribution >= 0.6 is 0 Å². The summed E-state index contributed by atoms with van der Waals surface area (Å²) >= 11 is 0. The van der Waals surface area contributed by atoms with Crippen molar-refractivity contribution in [2.45, 2.75) is 66.2 Å². The summed E-state index contributed by atoms with van der Waals surface area (Å²) in [5.41, 5.74) is 11.0. The molecule has 2 heterocycles. The monoisotopic (exact) mass is 1000 g/mol. The molecule has 0 fully saturated rings. The average Bonchev–Trinajstić information content (AvgIpc) is 3.36. The third-order valence-corrected chi connectivity index (χ3v) is 12.5. The Hall–Kier alpha value is -7.54. The average molecular weight is 1000 g/mol. The van der Waals surface area contributed by atoms with Crippen LogP contribution in [0.15, 0.2) is 140 Å². The Balaban J connectivity index is 0.882. The number of hydrogen-bond acceptors (Lipinski definition) is 12. The largest absolute Gasteiger partial charge is 0.494 e. The van der Waals surface area contributed by atoms with Gasteiger partial charge in [0, 0.05) is 35.0 Å². The lowest BCUT2D eigenvalue weighted by atomic mass is 9.93. The van der Waals surface area contributed by atoms with Crippen molar-refractivity contribution < 1.29 is 46.7 Å². The first-order chi connectivity index (χ1) is 36.1. The predicted molar refractivity (Wildman–Crippen MR) is 287 cm³/mol. The Morgan fingerprint density at radius 2 is 0.622 bits per heavy atom. The quantitative estimate of drug-likeness (QED) is 0.0472. The minimum absolute atomic E-state index is 0.333. The summed E-state index contributed by atoms with van der Waals surface area (Å²) in [7, 11) is 0. The van der Waals surface area contributed by atoms with E-state index in [4.69, 9.17) is 46.7 Å². The highest BCUT2D eigenvalue weighted by Gasteiger charge is 2.14. The van der Waals surface area contributed by atoms with Gasteiger partial charge in [-0.3, -0.25) is 0 Å². The van der Waals surface area contributed by atoms with Gasteiger partial charge in [0.25, 0.3) is 0 Å². The maximum absolute atomic E-state index is 11.9. The fraction of sp³-hybridized carbons (Fsp3) is 0.323. The Bertz CT molecular complexity index is 3010. The summed E-state index contributed by atoms with van der Waals surface area (Å²) in [5, 5.41) is 1.75. The third kappa shape index (κ3) is 14.4. The molecule has 1 aliphatic rings. The molecule has 0 amide bonds. The molecule has 6 aromatic carbocycles. The van der Waals surface area contributed by atoms with E-state index in [2.05, 4.69) is 86.6 Å². The summed E-state index contributed by atoms with van der Waals surface area (Å²) < 4.78 is 59.8. The lowest BCUT2D eigenvalue weighted by Gasteiger charge is -2.17. The summed E-state index contributed by atoms with van der Waals surface area (Å²) in [6, 6.07) is 40.2. The molecule has 0 radical (unpaired) electrons. The van der Waals surface area contributed by atoms with E-state index in [1.807, 2.05) is 38.1 Å². The van der Waals surface area contributed by atoms with E-state index in [0.29, 0.717) is 114 Å². The summed E-state index contributed by atoms with van der Waals surface area (Å²) in [6.45, 7) is 12.1. The molecule has 0 unspecified atom stereocenters. The zero-order chi connectivity index (χ0) is 51.2. The Morgan fingerprint density at radius 3 is 0.919 bits per heavy atom. The summed E-state index contributed by atoms with van der Waals surface area (Å²) in [6.07, 6.45) is 4.51. The fourth-order valence-corrected chi connectivity index (χ4v) is 9.31. The van der Waals surface area contributed by atoms with Crippen LogP contribution in [0.25, 0.3) is 21.9 Å². The number of aryl methyl sites for hydroxylation is 2. The maximum Gasteiger partial charge on any atom is 0.336 e. The minimum Gasteiger partial charge on any atom is -0.494 e. The molecule has 8 aromatic rings. The van der Waals surface area contributed by atoms with E-state index in [9.17, 15) is 9.59 Å². The van der Waals surface area contributed by atoms with Crippen LogP contribution in [0.5, 0.6) is 34.5 Å². The molecule has 2 aromatic heterocycles. The molecule has 0 spiro atoms. The van der Waals surface area contributed by atoms with Crippen LogP contribution in [0.1, 0.15) is 82.3 Å². The topological polar surface area (TPSA) is 134 Å². The van der Waals surface area contributed by atoms with E-state index in [0.717, 1.165) is 102 Å². The first-order valence-electron chi connectivity index (χ1n) is 25.6. The number of fused-ring (bicyclic) bond motifs is 10. The Morgan fingerprint density at radius 1 is 0.338 bits per heavy atom. The molecule has 8 bridgehead atoms. The van der Waals surface area contributed by atoms with Crippen LogP contribution in [0, 0.1) is 13.8 Å². The minimum atomic E-state index is -0.383. The first kappa shape index (κ1) is 51.4. The van der Waals surface area contributed by atoms with Gasteiger partial charge in [0.15, 0.2) is 0 Å². The zero-order valence-electron chi connectivity index (χ0n) is 42.8. The van der Waals surface area contributed by atoms with Crippen molar-refractivity contribution in [3.63, 3.8) is 0 Å². The van der Waals surface area contributed by atoms with Crippen molar-refractivity contribution in [3.8, 4) is 34.5 Å². The van der Waals surface area contributed by atoms with E-state index in [1.54, 1.807) is 12.1 Å². The second kappa shape index (κ2) is 24.9. The van der Waals surface area contributed by atoms with Crippen LogP contribution in [-0.4, -0.2) is 66.1 Å². The number of hydrogen-bond donors (Lipinski definition) is 0. The van der Waals surface area contributed by atoms with Crippen molar-refractivity contribution >= 4 is 21.9 Å². The standard InChI is InChI=1S/C62H64O12/c1-5-11-67-53-31-43-23-44(32-53)26-48-30-50(38-56(36-48)72-20-16-66-14-18-70-52-8-10-58-42(4)22-62(64)74-60(58)40-52)28-46-24-45(33-54(34-46)68-12-6-2)27-49-29-47(25-43)35-55(37-49)71-19-15-65-13-17-69-51-7-9-57-41(3)21-61(63)73-59(57)39-51/h7-10,21-24,29-40H,5-6,11-20,25-28H2,1-4H3. The second-order valence-corrected chi connectivity index (χ2v) is 18.8. The molecule has 0 atom stereocenters. The van der Waals surface area contributed by atoms with Gasteiger partial charge in [0.2, 0.25) is 0 Å². The molecule has 12 nitrogen and oxygen atoms in total. The molecule has 74 heavy (non-hydrogen) atoms. The van der Waals surface area contributed by atoms with Gasteiger partial charge in [-0.15, -0.1) is 0 Å². The smallest absolute Gasteiger partial charge is 0.336 e. The van der Waals surface area contributed by atoms with Crippen LogP contribution in [0.2, 0.25) is 0 Å². The normalized spacial score (nSPS) is 12.2. The van der Waals surface area contributed by atoms with Gasteiger partial charge >= 0.3 is 11.3 Å². The molecular weight excluding hydrogens is 937 g/mol. The second-order valence-electron chi connectivity index (χ2n) is 18.8. The molecule has 0 aliphatic heterocycles. The van der Waals surface area contributed by atoms with Gasteiger partial charge in [-0.05, 0) is 181 Å². The van der Waals surface area contributed by atoms with Crippen molar-refractivity contribution in [2.24, 2.45) is 0 Å². The highest BCUT2D eigenvalue weighted by molar-refractivity contribution is 5.82. The molecule has 12 heteroatoms. The van der Waals surface area contributed by atoms with Crippen molar-refractivity contribution in [1.82, 2.24) is 0 Å². The number of ether oxygens (including phenoxy) is 8. The molecule has 0 saturated heterocycles. The van der Waals surface area contributed by atoms with Crippen LogP contribution in [0.4, 0.5) is 0 Å². The van der Waals surface area contributed by atoms with Crippen LogP contribution in [-0.2, 0) is 35.2 Å². The van der Waals surface area contributed by atoms with Crippen molar-refractivity contribution in [2.75, 3.05) is 66.1 Å². The lowest BCUT2D eigenvalue weighted by Crippen LogP contribution is -2.12. The molecule has 384 valence electrons. The van der Waals surface area contributed by atoms with Gasteiger partial charge in [0.1, 0.15) is 72.1 Å². The highest BCUT2D eigenvalue weighted by Crippen LogP contribution is 2.31. The lowest BCUT2D eigenvalue weighted by molar-refractivity contribution is 0.0764. The third-order valence-electron chi connectivity index (χ3n) is 12.5. The van der Waals surface area contributed by atoms with Crippen LogP contribution < -0.4 is 39.7 Å². The molecule has 0 N–H and O–H groups in total. The number of rotatable bonds is 22. The van der Waals surface area contributed by atoms with Gasteiger partial charge in [-0.2, -0.15) is 0 Å². The van der Waals surface area contributed by atoms with Crippen molar-refractivity contribution in [1.29, 1.82) is 0 Å². The van der Waals surface area contributed by atoms with Gasteiger partial charge in [-0.25, -0.2) is 9.59 Å². The SMILES string of the molecule is CCCOc1cc2cc(c1)Cc1cc(cc(OCCOCCOc3ccc4c(C)cc(=O)oc4c3)c1)Cc1cc(cc(OCCC)c1)Cc1cc(cc(OCCOCCOc3ccc4c(C)cc(=O)oc4c3)c1)C2. The van der Waals surface area contributed by atoms with Gasteiger partial charge in [0.05, 0.1) is 39.6 Å². The Kier molecular flexibility index (Phi) is 17.3. The molecule has 1 aliphatic carbocycles. The van der Waals surface area contributed by atoms with Gasteiger partial charge in [-0.1, -0.05) is 38.1 Å². The first-order valence-corrected chi connectivity index (χ1v) is 25.6. The van der Waals surface area contributed by atoms with E-state index in [1.165, 1.54) is 12.1 Å². The van der Waals surface area contributed by atoms with E-state index >= 15 is 0 Å². The molecular formula is C62H64O12. The predicted octanol–water partition coefficient (Wildman–Crippen LogP) is 11.7. The van der Waals surface area contributed by atoms with Crippen LogP contribution in [0.3, 0.4) is 0 Å². The zero-order valence-corrected chi connectivity index (χ0v) is 42.8. The Labute approximate surface area is 431 Å². The van der Waals surface area contributed by atoms with Crippen molar-refractivity contribution in [3.05, 3.63) is 198 Å². The molecule has 9 rings (SSSR count). The maximum atomic E-state index is 11.9. The van der Waals surface area contributed by atoms with E-state index < -0.39 is 0 Å². The summed E-state index contributed by atoms with van der Waals surface area (Å²) in [5.74, 6) is 4.47. The van der Waals surface area contributed by atoms with E-state index in [-0.39, 0.29) is 11.3 Å². The summed E-state index contributed by atoms with van der Waals surface area (Å²) in [4.78, 5) is 23.8.